The van der Waals surface area contributed by atoms with E-state index >= 15 is 0 Å². The molecule has 2 rings (SSSR count). The first-order valence-electron chi connectivity index (χ1n) is 7.53. The summed E-state index contributed by atoms with van der Waals surface area (Å²) in [6, 6.07) is 4.86. The van der Waals surface area contributed by atoms with Crippen LogP contribution in [0.25, 0.3) is 0 Å². The molecule has 1 unspecified atom stereocenters. The normalized spacial score (nSPS) is 19.4. The van der Waals surface area contributed by atoms with Gasteiger partial charge in [0.15, 0.2) is 0 Å². The molecule has 1 saturated heterocycles. The highest BCUT2D eigenvalue weighted by atomic mass is 35.5. The van der Waals surface area contributed by atoms with Gasteiger partial charge in [-0.05, 0) is 24.1 Å². The Morgan fingerprint density at radius 1 is 1.45 bits per heavy atom. The number of hydrogen-bond donors (Lipinski definition) is 1. The smallest absolute Gasteiger partial charge is 0.252 e. The predicted molar refractivity (Wildman–Crippen MR) is 89.8 cm³/mol. The Morgan fingerprint density at radius 3 is 2.91 bits per heavy atom. The molecule has 0 aromatic heterocycles. The van der Waals surface area contributed by atoms with Crippen LogP contribution in [0.1, 0.15) is 24.2 Å². The van der Waals surface area contributed by atoms with Crippen LogP contribution in [0.2, 0.25) is 10.0 Å². The minimum absolute atomic E-state index is 0.0162. The number of hydrogen-bond acceptors (Lipinski definition) is 3. The van der Waals surface area contributed by atoms with Crippen LogP contribution in [0.15, 0.2) is 18.2 Å². The molecule has 1 amide bonds. The molecule has 0 saturated carbocycles. The first-order chi connectivity index (χ1) is 10.5. The zero-order valence-electron chi connectivity index (χ0n) is 12.9. The lowest BCUT2D eigenvalue weighted by Gasteiger charge is -2.34. The van der Waals surface area contributed by atoms with Crippen LogP contribution in [0.5, 0.6) is 0 Å². The summed E-state index contributed by atoms with van der Waals surface area (Å²) in [6.45, 7) is 8.43. The molecule has 1 aromatic rings. The van der Waals surface area contributed by atoms with Crippen molar-refractivity contribution in [3.63, 3.8) is 0 Å². The summed E-state index contributed by atoms with van der Waals surface area (Å²) >= 11 is 11.9. The van der Waals surface area contributed by atoms with Gasteiger partial charge in [0.2, 0.25) is 0 Å². The largest absolute Gasteiger partial charge is 0.374 e. The highest BCUT2D eigenvalue weighted by molar-refractivity contribution is 6.36. The van der Waals surface area contributed by atoms with Crippen LogP contribution < -0.4 is 5.32 Å². The van der Waals surface area contributed by atoms with E-state index < -0.39 is 0 Å². The molecular weight excluding hydrogens is 323 g/mol. The topological polar surface area (TPSA) is 41.6 Å². The molecule has 0 aliphatic carbocycles. The van der Waals surface area contributed by atoms with Gasteiger partial charge >= 0.3 is 0 Å². The molecule has 0 spiro atoms. The SMILES string of the molecule is CC(C)CN1CCOC(CNC(=O)c2ccc(Cl)cc2Cl)C1. The summed E-state index contributed by atoms with van der Waals surface area (Å²) in [4.78, 5) is 14.5. The Bertz CT molecular complexity index is 523. The van der Waals surface area contributed by atoms with Gasteiger partial charge in [0.1, 0.15) is 0 Å². The Balaban J connectivity index is 1.85. The van der Waals surface area contributed by atoms with Gasteiger partial charge in [-0.3, -0.25) is 9.69 Å². The number of amides is 1. The lowest BCUT2D eigenvalue weighted by atomic mass is 10.1. The van der Waals surface area contributed by atoms with Gasteiger partial charge in [-0.2, -0.15) is 0 Å². The van der Waals surface area contributed by atoms with Gasteiger partial charge in [-0.1, -0.05) is 37.0 Å². The van der Waals surface area contributed by atoms with E-state index in [-0.39, 0.29) is 12.0 Å². The van der Waals surface area contributed by atoms with Crippen molar-refractivity contribution >= 4 is 29.1 Å². The van der Waals surface area contributed by atoms with Crippen LogP contribution in [-0.2, 0) is 4.74 Å². The van der Waals surface area contributed by atoms with Crippen LogP contribution in [-0.4, -0.2) is 49.7 Å². The number of morpholine rings is 1. The molecule has 1 heterocycles. The van der Waals surface area contributed by atoms with Crippen LogP contribution in [0.3, 0.4) is 0 Å². The van der Waals surface area contributed by atoms with E-state index in [0.717, 1.165) is 19.6 Å². The van der Waals surface area contributed by atoms with E-state index in [1.54, 1.807) is 18.2 Å². The fourth-order valence-corrected chi connectivity index (χ4v) is 3.06. The molecule has 1 aliphatic rings. The minimum Gasteiger partial charge on any atom is -0.374 e. The molecule has 1 atom stereocenters. The van der Waals surface area contributed by atoms with Crippen molar-refractivity contribution in [1.82, 2.24) is 10.2 Å². The van der Waals surface area contributed by atoms with Gasteiger partial charge in [-0.25, -0.2) is 0 Å². The molecule has 0 radical (unpaired) electrons. The maximum atomic E-state index is 12.2. The molecule has 1 fully saturated rings. The molecule has 122 valence electrons. The van der Waals surface area contributed by atoms with E-state index in [4.69, 9.17) is 27.9 Å². The van der Waals surface area contributed by atoms with E-state index in [1.165, 1.54) is 0 Å². The molecule has 1 aliphatic heterocycles. The maximum Gasteiger partial charge on any atom is 0.252 e. The second-order valence-electron chi connectivity index (χ2n) is 5.98. The number of nitrogens with one attached hydrogen (secondary N) is 1. The van der Waals surface area contributed by atoms with E-state index in [9.17, 15) is 4.79 Å². The molecule has 6 heteroatoms. The van der Waals surface area contributed by atoms with Crippen molar-refractivity contribution in [2.24, 2.45) is 5.92 Å². The molecule has 1 N–H and O–H groups in total. The third-order valence-electron chi connectivity index (χ3n) is 3.51. The molecular formula is C16H22Cl2N2O2. The van der Waals surface area contributed by atoms with Gasteiger partial charge < -0.3 is 10.1 Å². The average Bonchev–Trinajstić information content (AvgIpc) is 2.44. The van der Waals surface area contributed by atoms with E-state index in [0.29, 0.717) is 34.7 Å². The van der Waals surface area contributed by atoms with E-state index in [1.807, 2.05) is 0 Å². The molecule has 0 bridgehead atoms. The van der Waals surface area contributed by atoms with Crippen molar-refractivity contribution < 1.29 is 9.53 Å². The fourth-order valence-electron chi connectivity index (χ4n) is 2.56. The third-order valence-corrected chi connectivity index (χ3v) is 4.06. The van der Waals surface area contributed by atoms with Crippen molar-refractivity contribution in [2.45, 2.75) is 20.0 Å². The number of rotatable bonds is 5. The summed E-state index contributed by atoms with van der Waals surface area (Å²) in [5.74, 6) is 0.424. The highest BCUT2D eigenvalue weighted by Gasteiger charge is 2.22. The Hall–Kier alpha value is -0.810. The number of carbonyl (C=O) groups excluding carboxylic acids is 1. The summed E-state index contributed by atoms with van der Waals surface area (Å²) < 4.78 is 5.71. The van der Waals surface area contributed by atoms with Crippen LogP contribution >= 0.6 is 23.2 Å². The highest BCUT2D eigenvalue weighted by Crippen LogP contribution is 2.20. The Morgan fingerprint density at radius 2 is 2.23 bits per heavy atom. The lowest BCUT2D eigenvalue weighted by Crippen LogP contribution is -2.48. The van der Waals surface area contributed by atoms with Crippen molar-refractivity contribution in [3.05, 3.63) is 33.8 Å². The quantitative estimate of drug-likeness (QED) is 0.892. The molecule has 1 aromatic carbocycles. The fraction of sp³-hybridized carbons (Fsp3) is 0.562. The second-order valence-corrected chi connectivity index (χ2v) is 6.82. The van der Waals surface area contributed by atoms with Crippen LogP contribution in [0.4, 0.5) is 0 Å². The van der Waals surface area contributed by atoms with Crippen LogP contribution in [0, 0.1) is 5.92 Å². The molecule has 4 nitrogen and oxygen atoms in total. The van der Waals surface area contributed by atoms with E-state index in [2.05, 4.69) is 24.1 Å². The monoisotopic (exact) mass is 344 g/mol. The first kappa shape index (κ1) is 17.5. The Kier molecular flexibility index (Phi) is 6.50. The number of ether oxygens (including phenoxy) is 1. The maximum absolute atomic E-state index is 12.2. The second kappa shape index (κ2) is 8.16. The van der Waals surface area contributed by atoms with Gasteiger partial charge in [0.25, 0.3) is 5.91 Å². The number of nitrogens with zero attached hydrogens (tertiary/aromatic N) is 1. The average molecular weight is 345 g/mol. The predicted octanol–water partition coefficient (Wildman–Crippen LogP) is 3.08. The summed E-state index contributed by atoms with van der Waals surface area (Å²) in [7, 11) is 0. The standard InChI is InChI=1S/C16H22Cl2N2O2/c1-11(2)9-20-5-6-22-13(10-20)8-19-16(21)14-4-3-12(17)7-15(14)18/h3-4,7,11,13H,5-6,8-10H2,1-2H3,(H,19,21). The number of carbonyl (C=O) groups is 1. The number of halogens is 2. The van der Waals surface area contributed by atoms with Crippen molar-refractivity contribution in [3.8, 4) is 0 Å². The minimum atomic E-state index is -0.203. The van der Waals surface area contributed by atoms with Crippen molar-refractivity contribution in [1.29, 1.82) is 0 Å². The first-order valence-corrected chi connectivity index (χ1v) is 8.28. The van der Waals surface area contributed by atoms with Gasteiger partial charge in [-0.15, -0.1) is 0 Å². The Labute approximate surface area is 141 Å². The van der Waals surface area contributed by atoms with Gasteiger partial charge in [0.05, 0.1) is 23.3 Å². The molecule has 22 heavy (non-hydrogen) atoms. The van der Waals surface area contributed by atoms with Gasteiger partial charge in [0, 0.05) is 31.2 Å². The number of benzene rings is 1. The summed E-state index contributed by atoms with van der Waals surface area (Å²) in [5, 5.41) is 3.76. The zero-order chi connectivity index (χ0) is 16.1. The summed E-state index contributed by atoms with van der Waals surface area (Å²) in [5.41, 5.74) is 0.431. The van der Waals surface area contributed by atoms with Crippen molar-refractivity contribution in [2.75, 3.05) is 32.8 Å². The zero-order valence-corrected chi connectivity index (χ0v) is 14.5. The third kappa shape index (κ3) is 5.13. The summed E-state index contributed by atoms with van der Waals surface area (Å²) in [6.07, 6.45) is 0.0162. The lowest BCUT2D eigenvalue weighted by molar-refractivity contribution is -0.0295.